The molecule has 0 unspecified atom stereocenters. The van der Waals surface area contributed by atoms with Crippen molar-refractivity contribution in [1.29, 1.82) is 0 Å². The summed E-state index contributed by atoms with van der Waals surface area (Å²) < 4.78 is 12.0. The average Bonchev–Trinajstić information content (AvgIpc) is 3.29. The van der Waals surface area contributed by atoms with Crippen molar-refractivity contribution in [2.75, 3.05) is 13.2 Å². The van der Waals surface area contributed by atoms with Crippen molar-refractivity contribution in [2.24, 2.45) is 0 Å². The molecule has 0 saturated heterocycles. The van der Waals surface area contributed by atoms with Crippen molar-refractivity contribution in [3.05, 3.63) is 112 Å². The number of hydrogen-bond acceptors (Lipinski definition) is 5. The van der Waals surface area contributed by atoms with E-state index in [0.29, 0.717) is 24.4 Å². The highest BCUT2D eigenvalue weighted by Gasteiger charge is 2.28. The van der Waals surface area contributed by atoms with Crippen molar-refractivity contribution in [3.8, 4) is 33.8 Å². The number of aryl methyl sites for hydroxylation is 2. The van der Waals surface area contributed by atoms with E-state index < -0.39 is 12.1 Å². The third-order valence-corrected chi connectivity index (χ3v) is 7.93. The maximum Gasteiger partial charge on any atom is 0.332 e. The third-order valence-electron chi connectivity index (χ3n) is 7.93. The van der Waals surface area contributed by atoms with Crippen molar-refractivity contribution in [1.82, 2.24) is 0 Å². The van der Waals surface area contributed by atoms with Gasteiger partial charge in [0.1, 0.15) is 30.8 Å². The van der Waals surface area contributed by atoms with Crippen LogP contribution in [-0.4, -0.2) is 40.6 Å². The van der Waals surface area contributed by atoms with Crippen LogP contribution in [0, 0.1) is 20.8 Å². The van der Waals surface area contributed by atoms with Gasteiger partial charge in [0.05, 0.1) is 6.61 Å². The fourth-order valence-corrected chi connectivity index (χ4v) is 5.84. The number of aliphatic hydroxyl groups is 2. The van der Waals surface area contributed by atoms with Gasteiger partial charge < -0.3 is 24.8 Å². The topological polar surface area (TPSA) is 96.2 Å². The Morgan fingerprint density at radius 3 is 2.12 bits per heavy atom. The summed E-state index contributed by atoms with van der Waals surface area (Å²) >= 11 is 0. The molecule has 0 fully saturated rings. The highest BCUT2D eigenvalue weighted by molar-refractivity contribution is 6.09. The van der Waals surface area contributed by atoms with Crippen molar-refractivity contribution >= 4 is 11.5 Å². The molecule has 4 aromatic rings. The summed E-state index contributed by atoms with van der Waals surface area (Å²) in [5.74, 6) is 0.491. The van der Waals surface area contributed by atoms with Gasteiger partial charge in [0.2, 0.25) is 0 Å². The number of rotatable bonds is 10. The van der Waals surface area contributed by atoms with Crippen LogP contribution in [0.25, 0.3) is 27.8 Å². The molecule has 5 rings (SSSR count). The van der Waals surface area contributed by atoms with Crippen LogP contribution in [-0.2, 0) is 11.4 Å². The standard InChI is InChI=1S/C36H36O6/c1-5-28(36(39)40)35-31-11-7-6-10-30(31)33-17-26(13-14-32(33)35)41-19-24-9-8-12-29(23(24)4)34-21(2)15-27(16-22(34)3)42-20-25(38)18-37/h6-17,25,37-38H,5,18-20H2,1-4H3,(H,39,40)/b35-28-/t25-/m1/s1. The molecule has 0 heterocycles. The van der Waals surface area contributed by atoms with E-state index in [4.69, 9.17) is 14.6 Å². The molecular weight excluding hydrogens is 528 g/mol. The fraction of sp³-hybridized carbons (Fsp3) is 0.250. The molecule has 0 bridgehead atoms. The second-order valence-corrected chi connectivity index (χ2v) is 10.7. The number of ether oxygens (including phenoxy) is 2. The Balaban J connectivity index is 1.42. The monoisotopic (exact) mass is 564 g/mol. The Kier molecular flexibility index (Phi) is 8.48. The predicted molar refractivity (Wildman–Crippen MR) is 165 cm³/mol. The number of aliphatic carboxylic acids is 1. The largest absolute Gasteiger partial charge is 0.491 e. The molecule has 3 N–H and O–H groups in total. The molecule has 0 amide bonds. The summed E-state index contributed by atoms with van der Waals surface area (Å²) in [6, 6.07) is 24.0. The van der Waals surface area contributed by atoms with Gasteiger partial charge in [0.25, 0.3) is 0 Å². The van der Waals surface area contributed by atoms with Gasteiger partial charge in [-0.1, -0.05) is 55.5 Å². The third kappa shape index (κ3) is 5.56. The minimum atomic E-state index is -0.915. The normalized spacial score (nSPS) is 13.8. The number of carboxylic acids is 1. The zero-order valence-electron chi connectivity index (χ0n) is 24.4. The lowest BCUT2D eigenvalue weighted by Gasteiger charge is -2.18. The SMILES string of the molecule is CC/C(C(=O)O)=C1\c2ccccc2-c2cc(OCc3cccc(-c4c(C)cc(OC[C@H](O)CO)cc4C)c3C)ccc21. The molecule has 42 heavy (non-hydrogen) atoms. The number of hydrogen-bond donors (Lipinski definition) is 3. The summed E-state index contributed by atoms with van der Waals surface area (Å²) in [6.45, 7) is 8.14. The number of benzene rings is 4. The smallest absolute Gasteiger partial charge is 0.332 e. The van der Waals surface area contributed by atoms with Crippen LogP contribution in [0.15, 0.2) is 78.4 Å². The van der Waals surface area contributed by atoms with E-state index in [1.54, 1.807) is 0 Å². The molecule has 6 heteroatoms. The molecule has 216 valence electrons. The average molecular weight is 565 g/mol. The van der Waals surface area contributed by atoms with Gasteiger partial charge in [0, 0.05) is 11.1 Å². The molecule has 6 nitrogen and oxygen atoms in total. The van der Waals surface area contributed by atoms with E-state index in [-0.39, 0.29) is 13.2 Å². The molecular formula is C36H36O6. The number of aliphatic hydroxyl groups excluding tert-OH is 2. The molecule has 1 atom stereocenters. The molecule has 1 aliphatic carbocycles. The summed E-state index contributed by atoms with van der Waals surface area (Å²) in [7, 11) is 0. The summed E-state index contributed by atoms with van der Waals surface area (Å²) in [4.78, 5) is 12.0. The summed E-state index contributed by atoms with van der Waals surface area (Å²) in [6.07, 6.45) is -0.477. The van der Waals surface area contributed by atoms with Gasteiger partial charge in [-0.15, -0.1) is 0 Å². The van der Waals surface area contributed by atoms with Crippen LogP contribution in [0.2, 0.25) is 0 Å². The first kappa shape index (κ1) is 29.1. The highest BCUT2D eigenvalue weighted by atomic mass is 16.5. The van der Waals surface area contributed by atoms with E-state index in [1.807, 2.05) is 81.4 Å². The number of carboxylic acid groups (broad SMARTS) is 1. The van der Waals surface area contributed by atoms with E-state index in [2.05, 4.69) is 19.1 Å². The van der Waals surface area contributed by atoms with Crippen LogP contribution >= 0.6 is 0 Å². The molecule has 4 aromatic carbocycles. The Labute approximate surface area is 246 Å². The van der Waals surface area contributed by atoms with Crippen LogP contribution in [0.4, 0.5) is 0 Å². The van der Waals surface area contributed by atoms with Gasteiger partial charge in [-0.2, -0.15) is 0 Å². The first-order chi connectivity index (χ1) is 20.2. The lowest BCUT2D eigenvalue weighted by Crippen LogP contribution is -2.21. The maximum absolute atomic E-state index is 12.0. The molecule has 0 saturated carbocycles. The second kappa shape index (κ2) is 12.2. The van der Waals surface area contributed by atoms with Gasteiger partial charge in [0.15, 0.2) is 0 Å². The van der Waals surface area contributed by atoms with Crippen molar-refractivity contribution in [2.45, 2.75) is 46.8 Å². The fourth-order valence-electron chi connectivity index (χ4n) is 5.84. The first-order valence-corrected chi connectivity index (χ1v) is 14.2. The van der Waals surface area contributed by atoms with Gasteiger partial charge in [-0.25, -0.2) is 4.79 Å². The van der Waals surface area contributed by atoms with Crippen molar-refractivity contribution in [3.63, 3.8) is 0 Å². The Morgan fingerprint density at radius 2 is 1.45 bits per heavy atom. The van der Waals surface area contributed by atoms with E-state index in [9.17, 15) is 15.0 Å². The lowest BCUT2D eigenvalue weighted by molar-refractivity contribution is -0.132. The minimum absolute atomic E-state index is 0.0335. The van der Waals surface area contributed by atoms with Gasteiger partial charge in [-0.05, 0) is 107 Å². The summed E-state index contributed by atoms with van der Waals surface area (Å²) in [5, 5.41) is 28.6. The highest BCUT2D eigenvalue weighted by Crippen LogP contribution is 2.47. The van der Waals surface area contributed by atoms with E-state index >= 15 is 0 Å². The number of fused-ring (bicyclic) bond motifs is 3. The maximum atomic E-state index is 12.0. The van der Waals surface area contributed by atoms with Crippen molar-refractivity contribution < 1.29 is 29.6 Å². The minimum Gasteiger partial charge on any atom is -0.491 e. The predicted octanol–water partition coefficient (Wildman–Crippen LogP) is 6.87. The van der Waals surface area contributed by atoms with Crippen LogP contribution in [0.3, 0.4) is 0 Å². The molecule has 0 spiro atoms. The van der Waals surface area contributed by atoms with Gasteiger partial charge >= 0.3 is 5.97 Å². The zero-order chi connectivity index (χ0) is 30.0. The van der Waals surface area contributed by atoms with Gasteiger partial charge in [-0.3, -0.25) is 0 Å². The Hall–Kier alpha value is -4.39. The summed E-state index contributed by atoms with van der Waals surface area (Å²) in [5.41, 5.74) is 11.6. The molecule has 0 aromatic heterocycles. The lowest BCUT2D eigenvalue weighted by atomic mass is 9.90. The molecule has 1 aliphatic rings. The zero-order valence-corrected chi connectivity index (χ0v) is 24.4. The van der Waals surface area contributed by atoms with Crippen LogP contribution < -0.4 is 9.47 Å². The Bertz CT molecular complexity index is 1660. The van der Waals surface area contributed by atoms with Crippen LogP contribution in [0.1, 0.15) is 46.7 Å². The quantitative estimate of drug-likeness (QED) is 0.160. The number of carbonyl (C=O) groups is 1. The Morgan fingerprint density at radius 1 is 0.786 bits per heavy atom. The second-order valence-electron chi connectivity index (χ2n) is 10.7. The van der Waals surface area contributed by atoms with Crippen LogP contribution in [0.5, 0.6) is 11.5 Å². The van der Waals surface area contributed by atoms with E-state index in [1.165, 1.54) is 0 Å². The molecule has 0 aliphatic heterocycles. The molecule has 0 radical (unpaired) electrons. The van der Waals surface area contributed by atoms with E-state index in [0.717, 1.165) is 67.0 Å². The first-order valence-electron chi connectivity index (χ1n) is 14.2.